The van der Waals surface area contributed by atoms with Gasteiger partial charge in [-0.15, -0.1) is 0 Å². The van der Waals surface area contributed by atoms with E-state index in [1.54, 1.807) is 35.9 Å². The van der Waals surface area contributed by atoms with Gasteiger partial charge in [0, 0.05) is 5.56 Å². The maximum atomic E-state index is 12.6. The van der Waals surface area contributed by atoms with Gasteiger partial charge in [0.25, 0.3) is 0 Å². The maximum absolute atomic E-state index is 12.6. The molecule has 0 saturated carbocycles. The van der Waals surface area contributed by atoms with Crippen LogP contribution in [0.2, 0.25) is 0 Å². The first kappa shape index (κ1) is 16.9. The van der Waals surface area contributed by atoms with E-state index in [1.165, 1.54) is 24.5 Å². The third-order valence-corrected chi connectivity index (χ3v) is 6.01. The van der Waals surface area contributed by atoms with Gasteiger partial charge in [-0.05, 0) is 42.8 Å². The molecule has 0 saturated heterocycles. The lowest BCUT2D eigenvalue weighted by Crippen LogP contribution is -2.41. The van der Waals surface area contributed by atoms with Crippen molar-refractivity contribution < 1.29 is 22.5 Å². The van der Waals surface area contributed by atoms with Crippen molar-refractivity contribution in [2.45, 2.75) is 24.3 Å². The van der Waals surface area contributed by atoms with Gasteiger partial charge in [0.1, 0.15) is 16.3 Å². The van der Waals surface area contributed by atoms with Crippen LogP contribution in [-0.2, 0) is 15.6 Å². The van der Waals surface area contributed by atoms with E-state index in [4.69, 9.17) is 8.94 Å². The Hall–Kier alpha value is -1.94. The second kappa shape index (κ2) is 6.17. The van der Waals surface area contributed by atoms with Crippen molar-refractivity contribution in [3.63, 3.8) is 0 Å². The molecule has 9 heteroatoms. The molecular formula is C15H16N2O5S2. The molecule has 3 rings (SSSR count). The maximum Gasteiger partial charge on any atom is 0.246 e. The van der Waals surface area contributed by atoms with E-state index < -0.39 is 15.6 Å². The molecule has 3 heterocycles. The van der Waals surface area contributed by atoms with Crippen molar-refractivity contribution in [2.75, 3.05) is 6.54 Å². The Morgan fingerprint density at radius 3 is 2.71 bits per heavy atom. The molecule has 1 atom stereocenters. The fourth-order valence-electron chi connectivity index (χ4n) is 2.48. The van der Waals surface area contributed by atoms with Gasteiger partial charge in [-0.25, -0.2) is 13.1 Å². The second-order valence-electron chi connectivity index (χ2n) is 5.33. The summed E-state index contributed by atoms with van der Waals surface area (Å²) in [4.78, 5) is -0.0189. The van der Waals surface area contributed by atoms with Crippen molar-refractivity contribution in [3.8, 4) is 0 Å². The van der Waals surface area contributed by atoms with Crippen molar-refractivity contribution >= 4 is 21.4 Å². The molecule has 0 spiro atoms. The Labute approximate surface area is 143 Å². The average molecular weight is 368 g/mol. The van der Waals surface area contributed by atoms with Crippen LogP contribution < -0.4 is 4.72 Å². The number of nitrogens with zero attached hydrogens (tertiary/aromatic N) is 1. The third-order valence-electron chi connectivity index (χ3n) is 3.68. The van der Waals surface area contributed by atoms with E-state index in [1.807, 2.05) is 0 Å². The molecular weight excluding hydrogens is 352 g/mol. The number of furan rings is 1. The molecule has 3 aromatic heterocycles. The van der Waals surface area contributed by atoms with Gasteiger partial charge in [-0.3, -0.25) is 0 Å². The number of aliphatic hydroxyl groups is 1. The number of aromatic nitrogens is 1. The molecule has 0 aliphatic heterocycles. The van der Waals surface area contributed by atoms with Gasteiger partial charge in [0.2, 0.25) is 10.0 Å². The highest BCUT2D eigenvalue weighted by Crippen LogP contribution is 2.31. The fraction of sp³-hybridized carbons (Fsp3) is 0.267. The smallest absolute Gasteiger partial charge is 0.246 e. The summed E-state index contributed by atoms with van der Waals surface area (Å²) in [7, 11) is -3.90. The molecule has 2 N–H and O–H groups in total. The minimum absolute atomic E-state index is 0.0189. The minimum Gasteiger partial charge on any atom is -0.466 e. The summed E-state index contributed by atoms with van der Waals surface area (Å²) in [6.07, 6.45) is 1.43. The number of aryl methyl sites for hydroxylation is 2. The standard InChI is InChI=1S/C15H16N2O5S2/c1-10-14(11(2)22-17-10)24(19,20)16-9-15(18,12-5-7-23-8-12)13-4-3-6-21-13/h3-8,16,18H,9H2,1-2H3. The molecule has 3 aromatic rings. The largest absolute Gasteiger partial charge is 0.466 e. The lowest BCUT2D eigenvalue weighted by molar-refractivity contribution is 0.0623. The summed E-state index contributed by atoms with van der Waals surface area (Å²) in [5, 5.41) is 18.3. The predicted octanol–water partition coefficient (Wildman–Crippen LogP) is 2.16. The van der Waals surface area contributed by atoms with Gasteiger partial charge in [-0.1, -0.05) is 5.16 Å². The molecule has 24 heavy (non-hydrogen) atoms. The number of sulfonamides is 1. The second-order valence-corrected chi connectivity index (χ2v) is 7.81. The zero-order chi connectivity index (χ0) is 17.4. The Kier molecular flexibility index (Phi) is 4.35. The average Bonchev–Trinajstić information content (AvgIpc) is 3.27. The highest BCUT2D eigenvalue weighted by molar-refractivity contribution is 7.89. The van der Waals surface area contributed by atoms with E-state index in [-0.39, 0.29) is 28.7 Å². The van der Waals surface area contributed by atoms with Crippen LogP contribution >= 0.6 is 11.3 Å². The van der Waals surface area contributed by atoms with Gasteiger partial charge in [-0.2, -0.15) is 11.3 Å². The summed E-state index contributed by atoms with van der Waals surface area (Å²) < 4.78 is 37.8. The molecule has 0 aliphatic rings. The fourth-order valence-corrected chi connectivity index (χ4v) is 4.58. The molecule has 0 amide bonds. The summed E-state index contributed by atoms with van der Waals surface area (Å²) in [5.74, 6) is 0.444. The van der Waals surface area contributed by atoms with E-state index >= 15 is 0 Å². The zero-order valence-corrected chi connectivity index (χ0v) is 14.6. The van der Waals surface area contributed by atoms with Crippen LogP contribution in [0, 0.1) is 13.8 Å². The summed E-state index contributed by atoms with van der Waals surface area (Å²) >= 11 is 1.40. The van der Waals surface area contributed by atoms with E-state index in [0.717, 1.165) is 0 Å². The Morgan fingerprint density at radius 1 is 1.38 bits per heavy atom. The summed E-state index contributed by atoms with van der Waals surface area (Å²) in [6, 6.07) is 4.95. The Balaban J connectivity index is 1.93. The number of nitrogens with one attached hydrogen (secondary N) is 1. The molecule has 0 radical (unpaired) electrons. The first-order valence-corrected chi connectivity index (χ1v) is 9.49. The van der Waals surface area contributed by atoms with E-state index in [2.05, 4.69) is 9.88 Å². The van der Waals surface area contributed by atoms with Crippen LogP contribution in [0.4, 0.5) is 0 Å². The molecule has 0 aromatic carbocycles. The van der Waals surface area contributed by atoms with Crippen LogP contribution in [0.25, 0.3) is 0 Å². The molecule has 0 bridgehead atoms. The topological polar surface area (TPSA) is 106 Å². The first-order valence-electron chi connectivity index (χ1n) is 7.06. The van der Waals surface area contributed by atoms with Crippen molar-refractivity contribution in [1.82, 2.24) is 9.88 Å². The van der Waals surface area contributed by atoms with Gasteiger partial charge < -0.3 is 14.0 Å². The quantitative estimate of drug-likeness (QED) is 0.691. The number of hydrogen-bond acceptors (Lipinski definition) is 7. The van der Waals surface area contributed by atoms with Gasteiger partial charge in [0.05, 0.1) is 12.8 Å². The number of rotatable bonds is 6. The zero-order valence-electron chi connectivity index (χ0n) is 13.0. The van der Waals surface area contributed by atoms with Crippen molar-refractivity contribution in [3.05, 3.63) is 58.0 Å². The number of hydrogen-bond donors (Lipinski definition) is 2. The SMILES string of the molecule is Cc1noc(C)c1S(=O)(=O)NCC(O)(c1ccsc1)c1ccco1. The Morgan fingerprint density at radius 2 is 2.17 bits per heavy atom. The predicted molar refractivity (Wildman–Crippen MR) is 87.2 cm³/mol. The summed E-state index contributed by atoms with van der Waals surface area (Å²) in [6.45, 7) is 2.78. The van der Waals surface area contributed by atoms with Crippen molar-refractivity contribution in [2.24, 2.45) is 0 Å². The van der Waals surface area contributed by atoms with E-state index in [0.29, 0.717) is 5.56 Å². The minimum atomic E-state index is -3.90. The van der Waals surface area contributed by atoms with Crippen LogP contribution in [0.15, 0.2) is 49.1 Å². The van der Waals surface area contributed by atoms with E-state index in [9.17, 15) is 13.5 Å². The monoisotopic (exact) mass is 368 g/mol. The van der Waals surface area contributed by atoms with Crippen LogP contribution in [0.1, 0.15) is 22.8 Å². The molecule has 1 unspecified atom stereocenters. The molecule has 128 valence electrons. The highest BCUT2D eigenvalue weighted by Gasteiger charge is 2.37. The lowest BCUT2D eigenvalue weighted by atomic mass is 9.94. The van der Waals surface area contributed by atoms with Crippen LogP contribution in [0.5, 0.6) is 0 Å². The number of thiophene rings is 1. The first-order chi connectivity index (χ1) is 11.3. The van der Waals surface area contributed by atoms with Crippen molar-refractivity contribution in [1.29, 1.82) is 0 Å². The van der Waals surface area contributed by atoms with Gasteiger partial charge >= 0.3 is 0 Å². The third kappa shape index (κ3) is 2.91. The molecule has 7 nitrogen and oxygen atoms in total. The summed E-state index contributed by atoms with van der Waals surface area (Å²) in [5.41, 5.74) is -0.809. The lowest BCUT2D eigenvalue weighted by Gasteiger charge is -2.25. The molecule has 0 fully saturated rings. The van der Waals surface area contributed by atoms with Crippen LogP contribution in [-0.4, -0.2) is 25.2 Å². The normalized spacial score (nSPS) is 14.6. The highest BCUT2D eigenvalue weighted by atomic mass is 32.2. The Bertz CT molecular complexity index is 858. The van der Waals surface area contributed by atoms with Gasteiger partial charge in [0.15, 0.2) is 11.4 Å². The molecule has 0 aliphatic carbocycles. The van der Waals surface area contributed by atoms with Crippen LogP contribution in [0.3, 0.4) is 0 Å².